The number of rotatable bonds is 2. The van der Waals surface area contributed by atoms with Crippen LogP contribution < -0.4 is 0 Å². The lowest BCUT2D eigenvalue weighted by Crippen LogP contribution is -2.35. The van der Waals surface area contributed by atoms with Gasteiger partial charge in [-0.2, -0.15) is 0 Å². The van der Waals surface area contributed by atoms with Gasteiger partial charge in [0.25, 0.3) is 0 Å². The molecule has 0 fully saturated rings. The highest BCUT2D eigenvalue weighted by Gasteiger charge is 2.31. The predicted octanol–water partition coefficient (Wildman–Crippen LogP) is 3.66. The summed E-state index contributed by atoms with van der Waals surface area (Å²) in [5.74, 6) is 0.166. The summed E-state index contributed by atoms with van der Waals surface area (Å²) in [4.78, 5) is 14.3. The fraction of sp³-hybridized carbons (Fsp3) is 0.350. The minimum absolute atomic E-state index is 0.166. The molecule has 0 aliphatic carbocycles. The molecule has 1 unspecified atom stereocenters. The lowest BCUT2D eigenvalue weighted by molar-refractivity contribution is -0.140. The number of hydrogen-bond acceptors (Lipinski definition) is 2. The Morgan fingerprint density at radius 1 is 1.00 bits per heavy atom. The van der Waals surface area contributed by atoms with Gasteiger partial charge in [-0.25, -0.2) is 0 Å². The lowest BCUT2D eigenvalue weighted by Gasteiger charge is -2.25. The van der Waals surface area contributed by atoms with Crippen LogP contribution >= 0.6 is 0 Å². The molecule has 1 amide bonds. The quantitative estimate of drug-likeness (QED) is 0.920. The number of carbonyl (C=O) groups is 1. The standard InChI is InChI=1S/C20H23NO2/c1-20(2,3)19(23)21-12-16-10-9-15(11-17(16)13-21)18(22)14-7-5-4-6-8-14/h4-11,18,22H,12-13H2,1-3H3. The van der Waals surface area contributed by atoms with E-state index in [1.807, 2.05) is 74.2 Å². The summed E-state index contributed by atoms with van der Waals surface area (Å²) in [6, 6.07) is 15.7. The Labute approximate surface area is 137 Å². The van der Waals surface area contributed by atoms with Crippen LogP contribution in [0, 0.1) is 5.41 Å². The Morgan fingerprint density at radius 2 is 1.65 bits per heavy atom. The zero-order chi connectivity index (χ0) is 16.6. The maximum Gasteiger partial charge on any atom is 0.228 e. The first-order valence-corrected chi connectivity index (χ1v) is 8.00. The summed E-state index contributed by atoms with van der Waals surface area (Å²) in [5.41, 5.74) is 3.70. The van der Waals surface area contributed by atoms with Crippen LogP contribution in [0.2, 0.25) is 0 Å². The summed E-state index contributed by atoms with van der Waals surface area (Å²) in [6.07, 6.45) is -0.631. The van der Waals surface area contributed by atoms with E-state index < -0.39 is 6.10 Å². The molecule has 2 aromatic carbocycles. The highest BCUT2D eigenvalue weighted by atomic mass is 16.3. The SMILES string of the molecule is CC(C)(C)C(=O)N1Cc2ccc(C(O)c3ccccc3)cc2C1. The van der Waals surface area contributed by atoms with Gasteiger partial charge in [-0.1, -0.05) is 69.3 Å². The average Bonchev–Trinajstić information content (AvgIpc) is 2.96. The molecule has 0 aromatic heterocycles. The average molecular weight is 309 g/mol. The van der Waals surface area contributed by atoms with Crippen LogP contribution in [0.5, 0.6) is 0 Å². The Hall–Kier alpha value is -2.13. The number of nitrogens with zero attached hydrogens (tertiary/aromatic N) is 1. The smallest absolute Gasteiger partial charge is 0.228 e. The zero-order valence-corrected chi connectivity index (χ0v) is 13.9. The number of fused-ring (bicyclic) bond motifs is 1. The van der Waals surface area contributed by atoms with Crippen LogP contribution in [0.15, 0.2) is 48.5 Å². The molecular formula is C20H23NO2. The second-order valence-corrected chi connectivity index (χ2v) is 7.25. The Morgan fingerprint density at radius 3 is 2.30 bits per heavy atom. The van der Waals surface area contributed by atoms with Gasteiger partial charge in [-0.05, 0) is 22.3 Å². The molecule has 3 rings (SSSR count). The van der Waals surface area contributed by atoms with Gasteiger partial charge in [0.05, 0.1) is 0 Å². The molecule has 3 heteroatoms. The van der Waals surface area contributed by atoms with Gasteiger partial charge in [0.2, 0.25) is 5.91 Å². The molecular weight excluding hydrogens is 286 g/mol. The van der Waals surface area contributed by atoms with Crippen molar-refractivity contribution in [3.05, 3.63) is 70.8 Å². The van der Waals surface area contributed by atoms with Crippen molar-refractivity contribution >= 4 is 5.91 Å². The molecule has 1 atom stereocenters. The summed E-state index contributed by atoms with van der Waals surface area (Å²) in [5, 5.41) is 10.5. The van der Waals surface area contributed by atoms with E-state index in [1.165, 1.54) is 5.56 Å². The largest absolute Gasteiger partial charge is 0.384 e. The van der Waals surface area contributed by atoms with Crippen molar-refractivity contribution in [3.63, 3.8) is 0 Å². The molecule has 0 saturated carbocycles. The number of amides is 1. The Kier molecular flexibility index (Phi) is 3.99. The van der Waals surface area contributed by atoms with Crippen molar-refractivity contribution in [3.8, 4) is 0 Å². The van der Waals surface area contributed by atoms with E-state index in [4.69, 9.17) is 0 Å². The predicted molar refractivity (Wildman–Crippen MR) is 90.7 cm³/mol. The van der Waals surface area contributed by atoms with Crippen molar-refractivity contribution in [2.24, 2.45) is 5.41 Å². The minimum atomic E-state index is -0.631. The molecule has 1 N–H and O–H groups in total. The Bertz CT molecular complexity index is 716. The van der Waals surface area contributed by atoms with Crippen LogP contribution in [-0.2, 0) is 17.9 Å². The van der Waals surface area contributed by atoms with Crippen molar-refractivity contribution < 1.29 is 9.90 Å². The van der Waals surface area contributed by atoms with E-state index in [9.17, 15) is 9.90 Å². The normalized spacial score (nSPS) is 15.4. The molecule has 120 valence electrons. The van der Waals surface area contributed by atoms with E-state index >= 15 is 0 Å². The van der Waals surface area contributed by atoms with Gasteiger partial charge in [0.1, 0.15) is 6.10 Å². The number of hydrogen-bond donors (Lipinski definition) is 1. The van der Waals surface area contributed by atoms with E-state index in [1.54, 1.807) is 0 Å². The van der Waals surface area contributed by atoms with Gasteiger partial charge in [0.15, 0.2) is 0 Å². The highest BCUT2D eigenvalue weighted by molar-refractivity contribution is 5.82. The van der Waals surface area contributed by atoms with Gasteiger partial charge < -0.3 is 10.0 Å². The van der Waals surface area contributed by atoms with Gasteiger partial charge in [-0.3, -0.25) is 4.79 Å². The topological polar surface area (TPSA) is 40.5 Å². The van der Waals surface area contributed by atoms with Gasteiger partial charge >= 0.3 is 0 Å². The molecule has 0 saturated heterocycles. The first-order valence-electron chi connectivity index (χ1n) is 8.00. The van der Waals surface area contributed by atoms with Crippen LogP contribution in [0.25, 0.3) is 0 Å². The van der Waals surface area contributed by atoms with Crippen LogP contribution in [-0.4, -0.2) is 15.9 Å². The molecule has 0 bridgehead atoms. The number of aliphatic hydroxyl groups is 1. The van der Waals surface area contributed by atoms with Crippen molar-refractivity contribution in [1.82, 2.24) is 4.90 Å². The maximum atomic E-state index is 12.5. The molecule has 3 nitrogen and oxygen atoms in total. The maximum absolute atomic E-state index is 12.5. The van der Waals surface area contributed by atoms with Crippen LogP contribution in [0.1, 0.15) is 49.1 Å². The first-order chi connectivity index (χ1) is 10.9. The molecule has 2 aromatic rings. The van der Waals surface area contributed by atoms with Crippen molar-refractivity contribution in [2.45, 2.75) is 40.0 Å². The van der Waals surface area contributed by atoms with E-state index in [2.05, 4.69) is 0 Å². The van der Waals surface area contributed by atoms with Gasteiger partial charge in [0, 0.05) is 18.5 Å². The lowest BCUT2D eigenvalue weighted by atomic mass is 9.95. The number of carbonyl (C=O) groups excluding carboxylic acids is 1. The molecule has 1 heterocycles. The van der Waals surface area contributed by atoms with E-state index in [-0.39, 0.29) is 11.3 Å². The third-order valence-corrected chi connectivity index (χ3v) is 4.31. The third kappa shape index (κ3) is 3.15. The van der Waals surface area contributed by atoms with E-state index in [0.717, 1.165) is 16.7 Å². The molecule has 1 aliphatic heterocycles. The molecule has 0 spiro atoms. The summed E-state index contributed by atoms with van der Waals surface area (Å²) >= 11 is 0. The molecule has 1 aliphatic rings. The number of benzene rings is 2. The monoisotopic (exact) mass is 309 g/mol. The number of aliphatic hydroxyl groups excluding tert-OH is 1. The Balaban J connectivity index is 1.82. The summed E-state index contributed by atoms with van der Waals surface area (Å²) in [6.45, 7) is 7.13. The van der Waals surface area contributed by atoms with Crippen LogP contribution in [0.3, 0.4) is 0 Å². The first kappa shape index (κ1) is 15.8. The minimum Gasteiger partial charge on any atom is -0.384 e. The fourth-order valence-corrected chi connectivity index (χ4v) is 3.03. The highest BCUT2D eigenvalue weighted by Crippen LogP contribution is 2.31. The molecule has 0 radical (unpaired) electrons. The second-order valence-electron chi connectivity index (χ2n) is 7.25. The van der Waals surface area contributed by atoms with Gasteiger partial charge in [-0.15, -0.1) is 0 Å². The summed E-state index contributed by atoms with van der Waals surface area (Å²) < 4.78 is 0. The van der Waals surface area contributed by atoms with Crippen molar-refractivity contribution in [1.29, 1.82) is 0 Å². The van der Waals surface area contributed by atoms with Crippen LogP contribution in [0.4, 0.5) is 0 Å². The third-order valence-electron chi connectivity index (χ3n) is 4.31. The second kappa shape index (κ2) is 5.82. The molecule has 23 heavy (non-hydrogen) atoms. The fourth-order valence-electron chi connectivity index (χ4n) is 3.03. The van der Waals surface area contributed by atoms with Crippen molar-refractivity contribution in [2.75, 3.05) is 0 Å². The summed E-state index contributed by atoms with van der Waals surface area (Å²) in [7, 11) is 0. The van der Waals surface area contributed by atoms with E-state index in [0.29, 0.717) is 13.1 Å². The zero-order valence-electron chi connectivity index (χ0n) is 13.9.